The maximum absolute atomic E-state index is 12.4. The summed E-state index contributed by atoms with van der Waals surface area (Å²) in [4.78, 5) is 28.7. The Kier molecular flexibility index (Phi) is 6.02. The predicted octanol–water partition coefficient (Wildman–Crippen LogP) is 2.67. The highest BCUT2D eigenvalue weighted by atomic mass is 16.2. The third kappa shape index (κ3) is 4.92. The highest BCUT2D eigenvalue weighted by molar-refractivity contribution is 6.03. The van der Waals surface area contributed by atoms with Gasteiger partial charge in [0.25, 0.3) is 0 Å². The van der Waals surface area contributed by atoms with Crippen LogP contribution in [0.1, 0.15) is 17.5 Å². The Morgan fingerprint density at radius 2 is 1.58 bits per heavy atom. The van der Waals surface area contributed by atoms with E-state index < -0.39 is 0 Å². The van der Waals surface area contributed by atoms with Crippen LogP contribution >= 0.6 is 0 Å². The molecule has 2 amide bonds. The predicted molar refractivity (Wildman–Crippen MR) is 103 cm³/mol. The SMILES string of the molecule is Cc1ccccc1NC(=O)CC(=O)N1CCN(Cc2ccccc2)CC1. The van der Waals surface area contributed by atoms with Crippen LogP contribution in [-0.2, 0) is 16.1 Å². The highest BCUT2D eigenvalue weighted by Crippen LogP contribution is 2.14. The minimum absolute atomic E-state index is 0.101. The minimum atomic E-state index is -0.254. The number of nitrogens with zero attached hydrogens (tertiary/aromatic N) is 2. The minimum Gasteiger partial charge on any atom is -0.340 e. The van der Waals surface area contributed by atoms with Crippen LogP contribution in [0.25, 0.3) is 0 Å². The fourth-order valence-electron chi connectivity index (χ4n) is 3.15. The summed E-state index contributed by atoms with van der Waals surface area (Å²) in [5.74, 6) is -0.355. The first kappa shape index (κ1) is 18.1. The van der Waals surface area contributed by atoms with Crippen molar-refractivity contribution >= 4 is 17.5 Å². The molecule has 0 spiro atoms. The van der Waals surface area contributed by atoms with Gasteiger partial charge >= 0.3 is 0 Å². The molecular formula is C21H25N3O2. The number of piperazine rings is 1. The zero-order valence-electron chi connectivity index (χ0n) is 15.1. The van der Waals surface area contributed by atoms with E-state index >= 15 is 0 Å². The standard InChI is InChI=1S/C21H25N3O2/c1-17-7-5-6-10-19(17)22-20(25)15-21(26)24-13-11-23(12-14-24)16-18-8-3-2-4-9-18/h2-10H,11-16H2,1H3,(H,22,25). The van der Waals surface area contributed by atoms with Crippen molar-refractivity contribution in [1.29, 1.82) is 0 Å². The third-order valence-corrected chi connectivity index (χ3v) is 4.70. The average Bonchev–Trinajstić information content (AvgIpc) is 2.65. The number of carbonyl (C=O) groups excluding carboxylic acids is 2. The van der Waals surface area contributed by atoms with Crippen molar-refractivity contribution in [1.82, 2.24) is 9.80 Å². The van der Waals surface area contributed by atoms with Crippen LogP contribution in [0.4, 0.5) is 5.69 Å². The molecule has 3 rings (SSSR count). The van der Waals surface area contributed by atoms with Gasteiger partial charge in [-0.15, -0.1) is 0 Å². The molecule has 26 heavy (non-hydrogen) atoms. The van der Waals surface area contributed by atoms with Crippen LogP contribution < -0.4 is 5.32 Å². The van der Waals surface area contributed by atoms with Crippen LogP contribution in [0, 0.1) is 6.92 Å². The molecule has 0 radical (unpaired) electrons. The number of benzene rings is 2. The summed E-state index contributed by atoms with van der Waals surface area (Å²) < 4.78 is 0. The van der Waals surface area contributed by atoms with Gasteiger partial charge in [0, 0.05) is 38.4 Å². The number of amides is 2. The van der Waals surface area contributed by atoms with E-state index in [9.17, 15) is 9.59 Å². The Hall–Kier alpha value is -2.66. The fourth-order valence-corrected chi connectivity index (χ4v) is 3.15. The summed E-state index contributed by atoms with van der Waals surface area (Å²) in [5.41, 5.74) is 3.03. The van der Waals surface area contributed by atoms with E-state index in [1.54, 1.807) is 4.90 Å². The summed E-state index contributed by atoms with van der Waals surface area (Å²) in [6, 6.07) is 17.9. The van der Waals surface area contributed by atoms with E-state index in [1.165, 1.54) is 5.56 Å². The van der Waals surface area contributed by atoms with E-state index in [0.717, 1.165) is 30.9 Å². The largest absolute Gasteiger partial charge is 0.340 e. The molecule has 1 aliphatic rings. The van der Waals surface area contributed by atoms with Gasteiger partial charge in [-0.05, 0) is 24.1 Å². The van der Waals surface area contributed by atoms with Crippen LogP contribution in [0.2, 0.25) is 0 Å². The summed E-state index contributed by atoms with van der Waals surface area (Å²) >= 11 is 0. The zero-order valence-corrected chi connectivity index (χ0v) is 15.1. The molecule has 0 unspecified atom stereocenters. The molecule has 136 valence electrons. The molecule has 0 aromatic heterocycles. The first-order valence-corrected chi connectivity index (χ1v) is 9.01. The number of carbonyl (C=O) groups is 2. The van der Waals surface area contributed by atoms with E-state index in [0.29, 0.717) is 13.1 Å². The van der Waals surface area contributed by atoms with Gasteiger partial charge in [-0.3, -0.25) is 14.5 Å². The maximum Gasteiger partial charge on any atom is 0.233 e. The molecule has 5 nitrogen and oxygen atoms in total. The Morgan fingerprint density at radius 1 is 0.923 bits per heavy atom. The lowest BCUT2D eigenvalue weighted by molar-refractivity contribution is -0.136. The fraction of sp³-hybridized carbons (Fsp3) is 0.333. The number of nitrogens with one attached hydrogen (secondary N) is 1. The van der Waals surface area contributed by atoms with Gasteiger partial charge in [0.05, 0.1) is 0 Å². The number of rotatable bonds is 5. The van der Waals surface area contributed by atoms with Crippen LogP contribution in [0.3, 0.4) is 0 Å². The highest BCUT2D eigenvalue weighted by Gasteiger charge is 2.22. The zero-order chi connectivity index (χ0) is 18.4. The van der Waals surface area contributed by atoms with Gasteiger partial charge in [0.1, 0.15) is 6.42 Å². The van der Waals surface area contributed by atoms with Crippen molar-refractivity contribution in [2.45, 2.75) is 19.9 Å². The number of hydrogen-bond donors (Lipinski definition) is 1. The van der Waals surface area contributed by atoms with Crippen molar-refractivity contribution in [2.24, 2.45) is 0 Å². The Labute approximate surface area is 154 Å². The lowest BCUT2D eigenvalue weighted by Crippen LogP contribution is -2.48. The molecule has 2 aromatic carbocycles. The van der Waals surface area contributed by atoms with E-state index in [2.05, 4.69) is 22.3 Å². The molecular weight excluding hydrogens is 326 g/mol. The number of hydrogen-bond acceptors (Lipinski definition) is 3. The summed E-state index contributed by atoms with van der Waals surface area (Å²) in [6.45, 7) is 5.84. The first-order valence-electron chi connectivity index (χ1n) is 9.01. The number of aryl methyl sites for hydroxylation is 1. The molecule has 1 heterocycles. The smallest absolute Gasteiger partial charge is 0.233 e. The number of anilines is 1. The molecule has 0 bridgehead atoms. The lowest BCUT2D eigenvalue weighted by atomic mass is 10.2. The molecule has 1 aliphatic heterocycles. The maximum atomic E-state index is 12.4. The molecule has 5 heteroatoms. The molecule has 2 aromatic rings. The van der Waals surface area contributed by atoms with Crippen LogP contribution in [-0.4, -0.2) is 47.8 Å². The van der Waals surface area contributed by atoms with Gasteiger partial charge in [-0.2, -0.15) is 0 Å². The molecule has 0 aliphatic carbocycles. The summed E-state index contributed by atoms with van der Waals surface area (Å²) in [6.07, 6.45) is -0.104. The van der Waals surface area contributed by atoms with Crippen molar-refractivity contribution in [3.63, 3.8) is 0 Å². The van der Waals surface area contributed by atoms with Crippen LogP contribution in [0.5, 0.6) is 0 Å². The second-order valence-corrected chi connectivity index (χ2v) is 6.68. The first-order chi connectivity index (χ1) is 12.6. The van der Waals surface area contributed by atoms with E-state index in [1.807, 2.05) is 49.4 Å². The van der Waals surface area contributed by atoms with Gasteiger partial charge in [0.15, 0.2) is 0 Å². The second kappa shape index (κ2) is 8.63. The van der Waals surface area contributed by atoms with E-state index in [-0.39, 0.29) is 18.2 Å². The van der Waals surface area contributed by atoms with Gasteiger partial charge in [-0.25, -0.2) is 0 Å². The van der Waals surface area contributed by atoms with E-state index in [4.69, 9.17) is 0 Å². The molecule has 1 N–H and O–H groups in total. The topological polar surface area (TPSA) is 52.7 Å². The van der Waals surface area contributed by atoms with Gasteiger partial charge in [0.2, 0.25) is 11.8 Å². The Bertz CT molecular complexity index is 753. The van der Waals surface area contributed by atoms with Crippen molar-refractivity contribution < 1.29 is 9.59 Å². The molecule has 0 saturated carbocycles. The van der Waals surface area contributed by atoms with Gasteiger partial charge in [-0.1, -0.05) is 48.5 Å². The third-order valence-electron chi connectivity index (χ3n) is 4.70. The quantitative estimate of drug-likeness (QED) is 0.843. The Morgan fingerprint density at radius 3 is 2.27 bits per heavy atom. The average molecular weight is 351 g/mol. The Balaban J connectivity index is 1.45. The van der Waals surface area contributed by atoms with Crippen molar-refractivity contribution in [2.75, 3.05) is 31.5 Å². The summed E-state index contributed by atoms with van der Waals surface area (Å²) in [7, 11) is 0. The monoisotopic (exact) mass is 351 g/mol. The van der Waals surface area contributed by atoms with Crippen molar-refractivity contribution in [3.8, 4) is 0 Å². The normalized spacial score (nSPS) is 14.9. The lowest BCUT2D eigenvalue weighted by Gasteiger charge is -2.34. The van der Waals surface area contributed by atoms with Crippen LogP contribution in [0.15, 0.2) is 54.6 Å². The number of para-hydroxylation sites is 1. The molecule has 1 saturated heterocycles. The van der Waals surface area contributed by atoms with Crippen molar-refractivity contribution in [3.05, 3.63) is 65.7 Å². The second-order valence-electron chi connectivity index (χ2n) is 6.68. The van der Waals surface area contributed by atoms with Gasteiger partial charge < -0.3 is 10.2 Å². The summed E-state index contributed by atoms with van der Waals surface area (Å²) in [5, 5.41) is 2.82. The molecule has 0 atom stereocenters. The molecule has 1 fully saturated rings.